The van der Waals surface area contributed by atoms with Gasteiger partial charge in [0.05, 0.1) is 16.7 Å². The van der Waals surface area contributed by atoms with Crippen molar-refractivity contribution in [3.8, 4) is 0 Å². The van der Waals surface area contributed by atoms with Gasteiger partial charge in [0.2, 0.25) is 0 Å². The molecule has 2 aromatic rings. The maximum Gasteiger partial charge on any atom is 0.176 e. The SMILES string of the molecule is CCc1cc2c(s1)NC1(C)N(c3ccc4c(c3)C(C)CC=N4)CC[C@@]1(C)C2=O. The minimum absolute atomic E-state index is 0.290. The quantitative estimate of drug-likeness (QED) is 0.705. The van der Waals surface area contributed by atoms with Crippen molar-refractivity contribution in [1.82, 2.24) is 0 Å². The van der Waals surface area contributed by atoms with Gasteiger partial charge in [-0.25, -0.2) is 0 Å². The summed E-state index contributed by atoms with van der Waals surface area (Å²) in [5.74, 6) is 0.768. The average molecular weight is 394 g/mol. The summed E-state index contributed by atoms with van der Waals surface area (Å²) in [5, 5.41) is 4.83. The normalized spacial score (nSPS) is 30.6. The summed E-state index contributed by atoms with van der Waals surface area (Å²) >= 11 is 1.73. The van der Waals surface area contributed by atoms with E-state index in [0.717, 1.165) is 42.1 Å². The highest BCUT2D eigenvalue weighted by molar-refractivity contribution is 7.16. The fourth-order valence-corrected chi connectivity index (χ4v) is 6.18. The van der Waals surface area contributed by atoms with Crippen LogP contribution in [0.5, 0.6) is 0 Å². The van der Waals surface area contributed by atoms with Gasteiger partial charge in [0.25, 0.3) is 0 Å². The third-order valence-electron chi connectivity index (χ3n) is 7.23. The van der Waals surface area contributed by atoms with Crippen LogP contribution >= 0.6 is 11.3 Å². The molecule has 1 N–H and O–H groups in total. The van der Waals surface area contributed by atoms with Crippen molar-refractivity contribution in [2.75, 3.05) is 16.8 Å². The number of benzene rings is 1. The first kappa shape index (κ1) is 17.9. The van der Waals surface area contributed by atoms with E-state index in [4.69, 9.17) is 0 Å². The number of ketones is 1. The zero-order valence-corrected chi connectivity index (χ0v) is 17.8. The second kappa shape index (κ2) is 5.93. The third-order valence-corrected chi connectivity index (χ3v) is 8.42. The van der Waals surface area contributed by atoms with Gasteiger partial charge in [0.1, 0.15) is 10.7 Å². The Balaban J connectivity index is 1.60. The third kappa shape index (κ3) is 2.22. The number of aryl methyl sites for hydroxylation is 1. The molecule has 2 unspecified atom stereocenters. The van der Waals surface area contributed by atoms with Crippen LogP contribution in [0, 0.1) is 5.41 Å². The van der Waals surface area contributed by atoms with Crippen molar-refractivity contribution in [1.29, 1.82) is 0 Å². The second-order valence-corrected chi connectivity index (χ2v) is 9.90. The second-order valence-electron chi connectivity index (χ2n) is 8.76. The molecule has 1 saturated heterocycles. The largest absolute Gasteiger partial charge is 0.353 e. The van der Waals surface area contributed by atoms with E-state index in [1.165, 1.54) is 16.1 Å². The Labute approximate surface area is 170 Å². The summed E-state index contributed by atoms with van der Waals surface area (Å²) in [7, 11) is 0. The summed E-state index contributed by atoms with van der Waals surface area (Å²) in [6.07, 6.45) is 4.83. The van der Waals surface area contributed by atoms with Crippen molar-refractivity contribution in [2.24, 2.45) is 10.4 Å². The van der Waals surface area contributed by atoms with Crippen molar-refractivity contribution in [3.63, 3.8) is 0 Å². The molecule has 1 aromatic carbocycles. The van der Waals surface area contributed by atoms with E-state index in [-0.39, 0.29) is 5.78 Å². The number of nitrogens with one attached hydrogen (secondary N) is 1. The number of hydrogen-bond donors (Lipinski definition) is 1. The first-order valence-electron chi connectivity index (χ1n) is 10.3. The number of rotatable bonds is 2. The lowest BCUT2D eigenvalue weighted by molar-refractivity contribution is 0.0738. The van der Waals surface area contributed by atoms with Gasteiger partial charge in [0, 0.05) is 23.3 Å². The predicted octanol–water partition coefficient (Wildman–Crippen LogP) is 5.76. The molecule has 146 valence electrons. The maximum absolute atomic E-state index is 13.5. The van der Waals surface area contributed by atoms with Crippen molar-refractivity contribution >= 4 is 39.7 Å². The van der Waals surface area contributed by atoms with Gasteiger partial charge in [-0.2, -0.15) is 0 Å². The molecule has 0 radical (unpaired) electrons. The van der Waals surface area contributed by atoms with Crippen molar-refractivity contribution in [2.45, 2.75) is 58.5 Å². The van der Waals surface area contributed by atoms with Crippen LogP contribution in [0.2, 0.25) is 0 Å². The van der Waals surface area contributed by atoms with Gasteiger partial charge < -0.3 is 10.2 Å². The number of Topliss-reactive ketones (excluding diaryl/α,β-unsaturated/α-hetero) is 1. The lowest BCUT2D eigenvalue weighted by Gasteiger charge is -2.49. The number of anilines is 2. The molecule has 0 amide bonds. The van der Waals surface area contributed by atoms with Crippen molar-refractivity contribution < 1.29 is 4.79 Å². The fraction of sp³-hybridized carbons (Fsp3) is 0.478. The van der Waals surface area contributed by atoms with Gasteiger partial charge in [-0.1, -0.05) is 13.8 Å². The van der Waals surface area contributed by atoms with E-state index in [1.54, 1.807) is 11.3 Å². The number of thiophene rings is 1. The molecule has 4 heterocycles. The summed E-state index contributed by atoms with van der Waals surface area (Å²) < 4.78 is 0. The Kier molecular flexibility index (Phi) is 3.80. The smallest absolute Gasteiger partial charge is 0.176 e. The monoisotopic (exact) mass is 393 g/mol. The molecule has 3 aliphatic rings. The minimum atomic E-state index is -0.439. The van der Waals surface area contributed by atoms with E-state index < -0.39 is 11.1 Å². The molecular weight excluding hydrogens is 366 g/mol. The summed E-state index contributed by atoms with van der Waals surface area (Å²) in [6.45, 7) is 9.62. The fourth-order valence-electron chi connectivity index (χ4n) is 5.08. The van der Waals surface area contributed by atoms with Crippen LogP contribution in [0.15, 0.2) is 29.3 Å². The molecule has 3 aliphatic heterocycles. The molecule has 0 spiro atoms. The maximum atomic E-state index is 13.5. The van der Waals surface area contributed by atoms with Gasteiger partial charge in [-0.3, -0.25) is 9.79 Å². The van der Waals surface area contributed by atoms with Crippen LogP contribution < -0.4 is 10.2 Å². The first-order valence-corrected chi connectivity index (χ1v) is 11.1. The number of nitrogens with zero attached hydrogens (tertiary/aromatic N) is 2. The Morgan fingerprint density at radius 3 is 2.93 bits per heavy atom. The lowest BCUT2D eigenvalue weighted by Crippen LogP contribution is -2.61. The van der Waals surface area contributed by atoms with E-state index in [9.17, 15) is 4.79 Å². The van der Waals surface area contributed by atoms with Gasteiger partial charge in [-0.05, 0) is 68.9 Å². The molecule has 5 rings (SSSR count). The molecule has 28 heavy (non-hydrogen) atoms. The first-order chi connectivity index (χ1) is 13.4. The Hall–Kier alpha value is -2.14. The summed E-state index contributed by atoms with van der Waals surface area (Å²) in [5.41, 5.74) is 3.59. The number of aliphatic imine (C=N–C) groups is 1. The van der Waals surface area contributed by atoms with E-state index in [1.807, 2.05) is 6.21 Å². The van der Waals surface area contributed by atoms with Gasteiger partial charge in [-0.15, -0.1) is 11.3 Å². The molecule has 1 fully saturated rings. The van der Waals surface area contributed by atoms with Crippen LogP contribution in [-0.4, -0.2) is 24.2 Å². The van der Waals surface area contributed by atoms with Crippen LogP contribution in [0.3, 0.4) is 0 Å². The Bertz CT molecular complexity index is 1010. The van der Waals surface area contributed by atoms with Crippen LogP contribution in [0.4, 0.5) is 16.4 Å². The number of hydrogen-bond acceptors (Lipinski definition) is 5. The van der Waals surface area contributed by atoms with Crippen LogP contribution in [0.1, 0.15) is 67.3 Å². The lowest BCUT2D eigenvalue weighted by atomic mass is 9.70. The van der Waals surface area contributed by atoms with Gasteiger partial charge in [0.15, 0.2) is 5.78 Å². The zero-order valence-electron chi connectivity index (χ0n) is 17.0. The van der Waals surface area contributed by atoms with Crippen LogP contribution in [-0.2, 0) is 6.42 Å². The molecule has 1 aromatic heterocycles. The minimum Gasteiger partial charge on any atom is -0.353 e. The number of carbonyl (C=O) groups excluding carboxylic acids is 1. The van der Waals surface area contributed by atoms with E-state index >= 15 is 0 Å². The highest BCUT2D eigenvalue weighted by Gasteiger charge is 2.61. The molecule has 0 saturated carbocycles. The van der Waals surface area contributed by atoms with E-state index in [2.05, 4.69) is 67.2 Å². The average Bonchev–Trinajstić information content (AvgIpc) is 3.21. The standard InChI is InChI=1S/C23H27N3OS/c1-5-16-13-18-20(27)22(3)9-11-26(23(22,4)25-21(18)28-16)15-6-7-19-17(12-15)14(2)8-10-24-19/h6-7,10,12-14,25H,5,8-9,11H2,1-4H3/t14?,22-,23?/m0/s1. The Morgan fingerprint density at radius 2 is 2.14 bits per heavy atom. The van der Waals surface area contributed by atoms with Gasteiger partial charge >= 0.3 is 0 Å². The van der Waals surface area contributed by atoms with Crippen LogP contribution in [0.25, 0.3) is 0 Å². The highest BCUT2D eigenvalue weighted by atomic mass is 32.1. The Morgan fingerprint density at radius 1 is 1.32 bits per heavy atom. The number of fused-ring (bicyclic) bond motifs is 3. The topological polar surface area (TPSA) is 44.7 Å². The summed E-state index contributed by atoms with van der Waals surface area (Å²) in [6, 6.07) is 8.69. The molecule has 0 aliphatic carbocycles. The molecule has 3 atom stereocenters. The molecular formula is C23H27N3OS. The van der Waals surface area contributed by atoms with Crippen molar-refractivity contribution in [3.05, 3.63) is 40.3 Å². The van der Waals surface area contributed by atoms with E-state index in [0.29, 0.717) is 5.92 Å². The zero-order chi connectivity index (χ0) is 19.7. The molecule has 5 heteroatoms. The highest BCUT2D eigenvalue weighted by Crippen LogP contribution is 2.55. The predicted molar refractivity (Wildman–Crippen MR) is 118 cm³/mol. The molecule has 4 nitrogen and oxygen atoms in total. The summed E-state index contributed by atoms with van der Waals surface area (Å²) in [4.78, 5) is 21.8. The molecule has 0 bridgehead atoms. The number of carbonyl (C=O) groups is 1.